The molecule has 0 aliphatic rings. The Morgan fingerprint density at radius 1 is 1.53 bits per heavy atom. The number of carbonyl (C=O) groups excluding carboxylic acids is 1. The lowest BCUT2D eigenvalue weighted by Crippen LogP contribution is -2.22. The van der Waals surface area contributed by atoms with Crippen molar-refractivity contribution in [2.75, 3.05) is 5.32 Å². The van der Waals surface area contributed by atoms with Crippen LogP contribution in [0.1, 0.15) is 13.3 Å². The molecule has 0 aliphatic carbocycles. The summed E-state index contributed by atoms with van der Waals surface area (Å²) in [6.45, 7) is 0.631. The van der Waals surface area contributed by atoms with E-state index in [0.29, 0.717) is 6.92 Å². The van der Waals surface area contributed by atoms with Crippen LogP contribution in [0.2, 0.25) is 0 Å². The zero-order valence-corrected chi connectivity index (χ0v) is 7.93. The second kappa shape index (κ2) is 4.29. The van der Waals surface area contributed by atoms with Crippen LogP contribution in [-0.4, -0.2) is 16.8 Å². The molecule has 1 aromatic rings. The van der Waals surface area contributed by atoms with E-state index in [1.54, 1.807) is 0 Å². The summed E-state index contributed by atoms with van der Waals surface area (Å²) in [7, 11) is 0. The largest absolute Gasteiger partial charge is 0.310 e. The minimum atomic E-state index is -3.09. The maximum Gasteiger partial charge on any atom is 0.254 e. The van der Waals surface area contributed by atoms with Gasteiger partial charge in [0.25, 0.3) is 5.92 Å². The number of aromatic nitrogens is 1. The first kappa shape index (κ1) is 11.5. The monoisotopic (exact) mass is 218 g/mol. The molecule has 0 radical (unpaired) electrons. The number of carbonyl (C=O) groups is 1. The van der Waals surface area contributed by atoms with Crippen LogP contribution in [0.4, 0.5) is 19.0 Å². The van der Waals surface area contributed by atoms with Gasteiger partial charge in [0, 0.05) is 0 Å². The molecule has 0 fully saturated rings. The quantitative estimate of drug-likeness (QED) is 0.790. The third-order valence-corrected chi connectivity index (χ3v) is 1.45. The number of rotatable bonds is 3. The molecule has 0 aliphatic heterocycles. The van der Waals surface area contributed by atoms with Crippen LogP contribution < -0.4 is 5.32 Å². The van der Waals surface area contributed by atoms with E-state index in [4.69, 9.17) is 0 Å². The summed E-state index contributed by atoms with van der Waals surface area (Å²) in [6, 6.07) is 3.72. The lowest BCUT2D eigenvalue weighted by molar-refractivity contribution is -0.122. The molecule has 1 N–H and O–H groups in total. The van der Waals surface area contributed by atoms with Gasteiger partial charge in [-0.05, 0) is 19.1 Å². The van der Waals surface area contributed by atoms with E-state index < -0.39 is 24.2 Å². The van der Waals surface area contributed by atoms with Gasteiger partial charge < -0.3 is 5.32 Å². The standard InChI is InChI=1S/C9H9F3N2O/c1-9(11,12)5-8(15)14-7-4-2-3-6(10)13-7/h2-4H,5H2,1H3,(H,13,14,15). The highest BCUT2D eigenvalue weighted by Crippen LogP contribution is 2.17. The van der Waals surface area contributed by atoms with Crippen LogP contribution >= 0.6 is 0 Å². The normalized spacial score (nSPS) is 11.2. The molecule has 0 spiro atoms. The van der Waals surface area contributed by atoms with Crippen LogP contribution in [0.15, 0.2) is 18.2 Å². The van der Waals surface area contributed by atoms with Gasteiger partial charge in [-0.2, -0.15) is 4.39 Å². The fourth-order valence-electron chi connectivity index (χ4n) is 0.947. The smallest absolute Gasteiger partial charge is 0.254 e. The van der Waals surface area contributed by atoms with Crippen LogP contribution in [0.5, 0.6) is 0 Å². The number of hydrogen-bond acceptors (Lipinski definition) is 2. The lowest BCUT2D eigenvalue weighted by Gasteiger charge is -2.09. The van der Waals surface area contributed by atoms with Crippen molar-refractivity contribution in [2.24, 2.45) is 0 Å². The van der Waals surface area contributed by atoms with E-state index in [-0.39, 0.29) is 5.82 Å². The number of amides is 1. The molecule has 6 heteroatoms. The van der Waals surface area contributed by atoms with E-state index in [1.165, 1.54) is 12.1 Å². The number of anilines is 1. The highest BCUT2D eigenvalue weighted by molar-refractivity contribution is 5.90. The van der Waals surface area contributed by atoms with E-state index >= 15 is 0 Å². The van der Waals surface area contributed by atoms with E-state index in [0.717, 1.165) is 6.07 Å². The minimum absolute atomic E-state index is 0.0794. The summed E-state index contributed by atoms with van der Waals surface area (Å²) >= 11 is 0. The van der Waals surface area contributed by atoms with Gasteiger partial charge in [0.1, 0.15) is 5.82 Å². The van der Waals surface area contributed by atoms with Crippen LogP contribution in [0.3, 0.4) is 0 Å². The number of alkyl halides is 2. The van der Waals surface area contributed by atoms with Crippen molar-refractivity contribution in [3.63, 3.8) is 0 Å². The maximum absolute atomic E-state index is 12.5. The van der Waals surface area contributed by atoms with E-state index in [2.05, 4.69) is 10.3 Å². The highest BCUT2D eigenvalue weighted by atomic mass is 19.3. The Bertz CT molecular complexity index is 363. The third kappa shape index (κ3) is 4.44. The summed E-state index contributed by atoms with van der Waals surface area (Å²) < 4.78 is 37.3. The molecule has 15 heavy (non-hydrogen) atoms. The predicted octanol–water partition coefficient (Wildman–Crippen LogP) is 2.20. The van der Waals surface area contributed by atoms with Crippen LogP contribution in [-0.2, 0) is 4.79 Å². The fraction of sp³-hybridized carbons (Fsp3) is 0.333. The molecule has 1 heterocycles. The summed E-state index contributed by atoms with van der Waals surface area (Å²) in [4.78, 5) is 14.3. The summed E-state index contributed by atoms with van der Waals surface area (Å²) in [5, 5.41) is 2.07. The van der Waals surface area contributed by atoms with Gasteiger partial charge in [0.2, 0.25) is 11.9 Å². The first-order valence-electron chi connectivity index (χ1n) is 4.17. The molecule has 3 nitrogen and oxygen atoms in total. The van der Waals surface area contributed by atoms with Crippen molar-refractivity contribution in [2.45, 2.75) is 19.3 Å². The molecule has 0 aromatic carbocycles. The van der Waals surface area contributed by atoms with Gasteiger partial charge >= 0.3 is 0 Å². The van der Waals surface area contributed by atoms with Crippen molar-refractivity contribution in [3.8, 4) is 0 Å². The molecule has 82 valence electrons. The average Bonchev–Trinajstić information content (AvgIpc) is 1.99. The van der Waals surface area contributed by atoms with E-state index in [9.17, 15) is 18.0 Å². The lowest BCUT2D eigenvalue weighted by atomic mass is 10.2. The topological polar surface area (TPSA) is 42.0 Å². The number of hydrogen-bond donors (Lipinski definition) is 1. The van der Waals surface area contributed by atoms with Crippen molar-refractivity contribution >= 4 is 11.7 Å². The van der Waals surface area contributed by atoms with Crippen LogP contribution in [0, 0.1) is 5.95 Å². The Hall–Kier alpha value is -1.59. The Balaban J connectivity index is 2.59. The number of nitrogens with one attached hydrogen (secondary N) is 1. The Kier molecular flexibility index (Phi) is 3.28. The summed E-state index contributed by atoms with van der Waals surface area (Å²) in [5.74, 6) is -4.85. The van der Waals surface area contributed by atoms with Gasteiger partial charge in [-0.1, -0.05) is 6.07 Å². The molecule has 0 saturated carbocycles. The van der Waals surface area contributed by atoms with Crippen molar-refractivity contribution in [3.05, 3.63) is 24.1 Å². The Morgan fingerprint density at radius 3 is 2.73 bits per heavy atom. The molecular weight excluding hydrogens is 209 g/mol. The second-order valence-electron chi connectivity index (χ2n) is 3.14. The molecular formula is C9H9F3N2O. The number of nitrogens with zero attached hydrogens (tertiary/aromatic N) is 1. The zero-order chi connectivity index (χ0) is 11.5. The first-order chi connectivity index (χ1) is 6.87. The van der Waals surface area contributed by atoms with Crippen molar-refractivity contribution in [1.29, 1.82) is 0 Å². The molecule has 1 rings (SSSR count). The van der Waals surface area contributed by atoms with Gasteiger partial charge in [-0.15, -0.1) is 0 Å². The molecule has 0 bridgehead atoms. The van der Waals surface area contributed by atoms with Crippen LogP contribution in [0.25, 0.3) is 0 Å². The Labute approximate surface area is 84.3 Å². The summed E-state index contributed by atoms with van der Waals surface area (Å²) in [5.41, 5.74) is 0. The fourth-order valence-corrected chi connectivity index (χ4v) is 0.947. The highest BCUT2D eigenvalue weighted by Gasteiger charge is 2.25. The minimum Gasteiger partial charge on any atom is -0.310 e. The maximum atomic E-state index is 12.5. The SMILES string of the molecule is CC(F)(F)CC(=O)Nc1cccc(F)n1. The van der Waals surface area contributed by atoms with Gasteiger partial charge in [-0.25, -0.2) is 13.8 Å². The average molecular weight is 218 g/mol. The van der Waals surface area contributed by atoms with Gasteiger partial charge in [0.05, 0.1) is 6.42 Å². The number of pyridine rings is 1. The summed E-state index contributed by atoms with van der Waals surface area (Å²) in [6.07, 6.45) is -0.953. The molecule has 1 amide bonds. The molecule has 1 aromatic heterocycles. The zero-order valence-electron chi connectivity index (χ0n) is 7.93. The third-order valence-electron chi connectivity index (χ3n) is 1.45. The van der Waals surface area contributed by atoms with Gasteiger partial charge in [0.15, 0.2) is 0 Å². The molecule has 0 saturated heterocycles. The molecule has 0 unspecified atom stereocenters. The number of halogens is 3. The van der Waals surface area contributed by atoms with Crippen molar-refractivity contribution in [1.82, 2.24) is 4.98 Å². The van der Waals surface area contributed by atoms with E-state index in [1.807, 2.05) is 0 Å². The second-order valence-corrected chi connectivity index (χ2v) is 3.14. The van der Waals surface area contributed by atoms with Gasteiger partial charge in [-0.3, -0.25) is 4.79 Å². The predicted molar refractivity (Wildman–Crippen MR) is 48.1 cm³/mol. The molecule has 0 atom stereocenters. The first-order valence-corrected chi connectivity index (χ1v) is 4.17. The van der Waals surface area contributed by atoms with Crippen molar-refractivity contribution < 1.29 is 18.0 Å². The Morgan fingerprint density at radius 2 is 2.20 bits per heavy atom.